The van der Waals surface area contributed by atoms with Crippen LogP contribution in [0.4, 0.5) is 29.3 Å². The summed E-state index contributed by atoms with van der Waals surface area (Å²) in [7, 11) is 0. The van der Waals surface area contributed by atoms with Gasteiger partial charge in [0.2, 0.25) is 0 Å². The third kappa shape index (κ3) is 4.24. The minimum absolute atomic E-state index is 0.00551. The predicted octanol–water partition coefficient (Wildman–Crippen LogP) is 2.43. The number of hydrogen-bond donors (Lipinski definition) is 3. The zero-order valence-corrected chi connectivity index (χ0v) is 11.8. The highest BCUT2D eigenvalue weighted by atomic mass is 19.4. The fourth-order valence-corrected chi connectivity index (χ4v) is 1.55. The Morgan fingerprint density at radius 2 is 2.14 bits per heavy atom. The number of anilines is 2. The highest BCUT2D eigenvalue weighted by molar-refractivity contribution is 5.76. The van der Waals surface area contributed by atoms with Crippen molar-refractivity contribution >= 4 is 23.8 Å². The second-order valence-corrected chi connectivity index (χ2v) is 4.28. The van der Waals surface area contributed by atoms with Gasteiger partial charge in [-0.25, -0.2) is 14.8 Å². The molecule has 0 bridgehead atoms. The van der Waals surface area contributed by atoms with Gasteiger partial charge in [-0.1, -0.05) is 0 Å². The number of hydrogen-bond acceptors (Lipinski definition) is 5. The number of carbonyl (C=O) groups excluding carboxylic acids is 1. The van der Waals surface area contributed by atoms with Crippen molar-refractivity contribution in [2.45, 2.75) is 26.1 Å². The number of alkyl halides is 3. The van der Waals surface area contributed by atoms with Crippen LogP contribution in [0, 0.1) is 0 Å². The molecule has 1 aromatic heterocycles. The summed E-state index contributed by atoms with van der Waals surface area (Å²) in [6.07, 6.45) is -4.84. The van der Waals surface area contributed by atoms with Crippen molar-refractivity contribution in [2.75, 3.05) is 17.3 Å². The zero-order valence-electron chi connectivity index (χ0n) is 11.8. The normalized spacial score (nSPS) is 12.4. The maximum atomic E-state index is 12.7. The lowest BCUT2D eigenvalue weighted by Gasteiger charge is -2.25. The number of nitrogens with zero attached hydrogens (tertiary/aromatic N) is 2. The fourth-order valence-electron chi connectivity index (χ4n) is 1.55. The lowest BCUT2D eigenvalue weighted by molar-refractivity contribution is -0.141. The van der Waals surface area contributed by atoms with Crippen LogP contribution < -0.4 is 10.7 Å². The molecule has 1 atom stereocenters. The van der Waals surface area contributed by atoms with Gasteiger partial charge in [-0.05, 0) is 19.9 Å². The van der Waals surface area contributed by atoms with E-state index < -0.39 is 24.0 Å². The molecule has 7 nitrogen and oxygen atoms in total. The van der Waals surface area contributed by atoms with E-state index in [1.165, 1.54) is 6.92 Å². The van der Waals surface area contributed by atoms with Crippen LogP contribution in [0.25, 0.3) is 0 Å². The summed E-state index contributed by atoms with van der Waals surface area (Å²) in [6, 6.07) is -0.272. The van der Waals surface area contributed by atoms with Crippen LogP contribution in [-0.4, -0.2) is 40.1 Å². The van der Waals surface area contributed by atoms with Crippen molar-refractivity contribution in [3.8, 4) is 0 Å². The Bertz CT molecular complexity index is 551. The first kappa shape index (κ1) is 17.5. The van der Waals surface area contributed by atoms with E-state index in [0.717, 1.165) is 12.3 Å². The summed E-state index contributed by atoms with van der Waals surface area (Å²) in [5.41, 5.74) is 1.29. The fraction of sp³-hybridized carbons (Fsp3) is 0.417. The van der Waals surface area contributed by atoms with Gasteiger partial charge in [-0.3, -0.25) is 5.43 Å². The maximum Gasteiger partial charge on any atom is 0.433 e. The van der Waals surface area contributed by atoms with Crippen molar-refractivity contribution in [1.29, 1.82) is 0 Å². The Balaban J connectivity index is 3.17. The summed E-state index contributed by atoms with van der Waals surface area (Å²) >= 11 is 0. The standard InChI is InChI=1S/C12H15F3N4O3/c1-3-16-8-4-10(12(13,14)15)17-5-9(8)18-19(11(21)22)7(2)6-20/h4-7,18H,3H2,1-2H3,(H,16,17)(H,21,22). The quantitative estimate of drug-likeness (QED) is 0.550. The van der Waals surface area contributed by atoms with Crippen molar-refractivity contribution < 1.29 is 27.9 Å². The summed E-state index contributed by atoms with van der Waals surface area (Å²) in [5, 5.41) is 12.3. The Labute approximate surface area is 124 Å². The predicted molar refractivity (Wildman–Crippen MR) is 72.4 cm³/mol. The van der Waals surface area contributed by atoms with Crippen LogP contribution in [-0.2, 0) is 11.0 Å². The first-order valence-corrected chi connectivity index (χ1v) is 6.25. The van der Waals surface area contributed by atoms with Crippen molar-refractivity contribution in [3.63, 3.8) is 0 Å². The van der Waals surface area contributed by atoms with Crippen molar-refractivity contribution in [1.82, 2.24) is 9.99 Å². The van der Waals surface area contributed by atoms with E-state index in [0.29, 0.717) is 17.8 Å². The molecule has 10 heteroatoms. The number of pyridine rings is 1. The maximum absolute atomic E-state index is 12.7. The highest BCUT2D eigenvalue weighted by Gasteiger charge is 2.33. The van der Waals surface area contributed by atoms with Crippen LogP contribution in [0.2, 0.25) is 0 Å². The second kappa shape index (κ2) is 6.96. The molecule has 0 spiro atoms. The van der Waals surface area contributed by atoms with Gasteiger partial charge in [0, 0.05) is 6.54 Å². The Morgan fingerprint density at radius 1 is 1.50 bits per heavy atom. The summed E-state index contributed by atoms with van der Waals surface area (Å²) in [5.74, 6) is 0. The number of carboxylic acid groups (broad SMARTS) is 1. The first-order chi connectivity index (χ1) is 10.2. The molecule has 122 valence electrons. The third-order valence-corrected chi connectivity index (χ3v) is 2.61. The summed E-state index contributed by atoms with van der Waals surface area (Å²) in [4.78, 5) is 25.1. The molecule has 0 fully saturated rings. The molecule has 1 heterocycles. The van der Waals surface area contributed by atoms with E-state index in [2.05, 4.69) is 15.7 Å². The number of amides is 1. The Morgan fingerprint density at radius 3 is 2.59 bits per heavy atom. The number of carbonyl (C=O) groups is 2. The van der Waals surface area contributed by atoms with Crippen LogP contribution in [0.15, 0.2) is 12.3 Å². The molecule has 1 unspecified atom stereocenters. The monoisotopic (exact) mass is 320 g/mol. The van der Waals surface area contributed by atoms with E-state index in [1.54, 1.807) is 6.92 Å². The molecule has 0 aromatic carbocycles. The minimum Gasteiger partial charge on any atom is -0.464 e. The van der Waals surface area contributed by atoms with Crippen LogP contribution in [0.5, 0.6) is 0 Å². The molecule has 0 aliphatic carbocycles. The van der Waals surface area contributed by atoms with Crippen LogP contribution >= 0.6 is 0 Å². The number of aldehydes is 1. The SMILES string of the molecule is CCNc1cc(C(F)(F)F)ncc1NN(C(=O)O)C(C)C=O. The van der Waals surface area contributed by atoms with E-state index >= 15 is 0 Å². The average Bonchev–Trinajstić information content (AvgIpc) is 2.44. The van der Waals surface area contributed by atoms with E-state index in [-0.39, 0.29) is 11.4 Å². The first-order valence-electron chi connectivity index (χ1n) is 6.25. The van der Waals surface area contributed by atoms with Gasteiger partial charge in [0.05, 0.1) is 17.6 Å². The molecular weight excluding hydrogens is 305 g/mol. The number of halogens is 3. The molecule has 1 amide bonds. The molecule has 0 radical (unpaired) electrons. The lowest BCUT2D eigenvalue weighted by Crippen LogP contribution is -2.43. The smallest absolute Gasteiger partial charge is 0.433 e. The molecule has 0 aliphatic rings. The van der Waals surface area contributed by atoms with Gasteiger partial charge >= 0.3 is 12.3 Å². The van der Waals surface area contributed by atoms with Gasteiger partial charge in [0.25, 0.3) is 0 Å². The summed E-state index contributed by atoms with van der Waals surface area (Å²) in [6.45, 7) is 3.30. The second-order valence-electron chi connectivity index (χ2n) is 4.28. The molecule has 1 aromatic rings. The van der Waals surface area contributed by atoms with Crippen LogP contribution in [0.3, 0.4) is 0 Å². The molecule has 3 N–H and O–H groups in total. The molecular formula is C12H15F3N4O3. The van der Waals surface area contributed by atoms with Gasteiger partial charge in [-0.15, -0.1) is 0 Å². The third-order valence-electron chi connectivity index (χ3n) is 2.61. The van der Waals surface area contributed by atoms with E-state index in [1.807, 2.05) is 0 Å². The van der Waals surface area contributed by atoms with Gasteiger partial charge in [0.1, 0.15) is 18.0 Å². The van der Waals surface area contributed by atoms with Gasteiger partial charge in [-0.2, -0.15) is 13.2 Å². The lowest BCUT2D eigenvalue weighted by atomic mass is 10.2. The van der Waals surface area contributed by atoms with Crippen LogP contribution in [0.1, 0.15) is 19.5 Å². The molecule has 1 rings (SSSR count). The summed E-state index contributed by atoms with van der Waals surface area (Å²) < 4.78 is 38.0. The zero-order chi connectivity index (χ0) is 16.9. The minimum atomic E-state index is -4.62. The average molecular weight is 320 g/mol. The number of hydrazine groups is 1. The Hall–Kier alpha value is -2.52. The Kier molecular flexibility index (Phi) is 5.55. The molecule has 0 saturated carbocycles. The molecule has 0 aliphatic heterocycles. The van der Waals surface area contributed by atoms with Gasteiger partial charge < -0.3 is 15.2 Å². The van der Waals surface area contributed by atoms with Crippen molar-refractivity contribution in [2.24, 2.45) is 0 Å². The van der Waals surface area contributed by atoms with E-state index in [9.17, 15) is 22.8 Å². The number of nitrogens with one attached hydrogen (secondary N) is 2. The largest absolute Gasteiger partial charge is 0.464 e. The highest BCUT2D eigenvalue weighted by Crippen LogP contribution is 2.32. The number of rotatable bonds is 6. The number of aromatic nitrogens is 1. The van der Waals surface area contributed by atoms with E-state index in [4.69, 9.17) is 5.11 Å². The topological polar surface area (TPSA) is 94.6 Å². The molecule has 22 heavy (non-hydrogen) atoms. The van der Waals surface area contributed by atoms with Crippen molar-refractivity contribution in [3.05, 3.63) is 18.0 Å². The van der Waals surface area contributed by atoms with Gasteiger partial charge in [0.15, 0.2) is 0 Å². The molecule has 0 saturated heterocycles.